The maximum atomic E-state index is 9.59. The van der Waals surface area contributed by atoms with Crippen molar-refractivity contribution in [3.8, 4) is 17.3 Å². The van der Waals surface area contributed by atoms with Gasteiger partial charge in [0.15, 0.2) is 0 Å². The molecule has 4 heteroatoms. The smallest absolute Gasteiger partial charge is 0.129 e. The molecule has 2 N–H and O–H groups in total. The molecule has 4 nitrogen and oxygen atoms in total. The predicted molar refractivity (Wildman–Crippen MR) is 100 cm³/mol. The molecule has 0 fully saturated rings. The van der Waals surface area contributed by atoms with Gasteiger partial charge in [0.25, 0.3) is 0 Å². The van der Waals surface area contributed by atoms with Crippen molar-refractivity contribution >= 4 is 17.2 Å². The molecule has 0 amide bonds. The minimum atomic E-state index is 0.410. The normalized spacial score (nSPS) is 14.6. The highest BCUT2D eigenvalue weighted by molar-refractivity contribution is 6.22. The maximum Gasteiger partial charge on any atom is 0.129 e. The third-order valence-corrected chi connectivity index (χ3v) is 4.31. The second-order valence-electron chi connectivity index (χ2n) is 5.97. The molecule has 0 atom stereocenters. The number of hydrogen-bond acceptors (Lipinski definition) is 3. The van der Waals surface area contributed by atoms with Gasteiger partial charge in [-0.25, -0.2) is 4.99 Å². The van der Waals surface area contributed by atoms with E-state index in [1.54, 1.807) is 0 Å². The first kappa shape index (κ1) is 15.0. The predicted octanol–water partition coefficient (Wildman–Crippen LogP) is 4.25. The Hall–Kier alpha value is -3.58. The third-order valence-electron chi connectivity index (χ3n) is 4.31. The molecule has 0 radical (unpaired) electrons. The van der Waals surface area contributed by atoms with Crippen LogP contribution in [-0.4, -0.2) is 10.3 Å². The molecule has 0 spiro atoms. The summed E-state index contributed by atoms with van der Waals surface area (Å²) >= 11 is 0. The van der Waals surface area contributed by atoms with E-state index < -0.39 is 0 Å². The Morgan fingerprint density at radius 2 is 1.60 bits per heavy atom. The summed E-state index contributed by atoms with van der Waals surface area (Å²) in [6.07, 6.45) is 0. The monoisotopic (exact) mass is 324 g/mol. The average molecular weight is 324 g/mol. The highest BCUT2D eigenvalue weighted by atomic mass is 15.1. The molecule has 1 aliphatic rings. The zero-order chi connectivity index (χ0) is 17.4. The van der Waals surface area contributed by atoms with Crippen LogP contribution in [0.2, 0.25) is 0 Å². The molecule has 3 aromatic rings. The summed E-state index contributed by atoms with van der Waals surface area (Å²) in [5.74, 6) is 0.424. The number of aromatic nitrogens is 1. The van der Waals surface area contributed by atoms with E-state index in [1.165, 1.54) is 5.56 Å². The molecule has 2 aromatic carbocycles. The molecular formula is C21H16N4. The quantitative estimate of drug-likeness (QED) is 0.766. The lowest BCUT2D eigenvalue weighted by atomic mass is 10.1. The van der Waals surface area contributed by atoms with Crippen LogP contribution in [0.1, 0.15) is 11.3 Å². The molecule has 0 unspecified atom stereocenters. The van der Waals surface area contributed by atoms with Gasteiger partial charge in [-0.15, -0.1) is 0 Å². The van der Waals surface area contributed by atoms with Gasteiger partial charge < -0.3 is 5.73 Å². The minimum absolute atomic E-state index is 0.410. The summed E-state index contributed by atoms with van der Waals surface area (Å²) in [6.45, 7) is 2.05. The summed E-state index contributed by atoms with van der Waals surface area (Å²) in [6, 6.07) is 24.0. The second kappa shape index (κ2) is 5.81. The van der Waals surface area contributed by atoms with Crippen LogP contribution in [0, 0.1) is 18.3 Å². The van der Waals surface area contributed by atoms with Crippen LogP contribution in [-0.2, 0) is 0 Å². The van der Waals surface area contributed by atoms with Gasteiger partial charge in [0.2, 0.25) is 0 Å². The third kappa shape index (κ3) is 2.43. The fraction of sp³-hybridized carbons (Fsp3) is 0.0476. The molecule has 4 rings (SSSR count). The number of aryl methyl sites for hydroxylation is 1. The summed E-state index contributed by atoms with van der Waals surface area (Å²) in [5, 5.41) is 9.59. The summed E-state index contributed by atoms with van der Waals surface area (Å²) < 4.78 is 1.91. The van der Waals surface area contributed by atoms with Crippen molar-refractivity contribution in [2.75, 3.05) is 0 Å². The van der Waals surface area contributed by atoms with Crippen molar-refractivity contribution in [2.24, 2.45) is 10.7 Å². The zero-order valence-corrected chi connectivity index (χ0v) is 13.8. The number of hydrogen-bond donors (Lipinski definition) is 1. The molecule has 1 aliphatic heterocycles. The maximum absolute atomic E-state index is 9.59. The Balaban J connectivity index is 1.90. The molecule has 0 saturated carbocycles. The summed E-state index contributed by atoms with van der Waals surface area (Å²) in [4.78, 5) is 4.66. The molecule has 1 aromatic heterocycles. The van der Waals surface area contributed by atoms with Crippen LogP contribution in [0.15, 0.2) is 77.3 Å². The topological polar surface area (TPSA) is 67.1 Å². The van der Waals surface area contributed by atoms with Crippen LogP contribution < -0.4 is 5.73 Å². The number of fused-ring (bicyclic) bond motifs is 1. The van der Waals surface area contributed by atoms with E-state index in [1.807, 2.05) is 47.0 Å². The summed E-state index contributed by atoms with van der Waals surface area (Å²) in [5.41, 5.74) is 12.2. The molecule has 0 aliphatic carbocycles. The number of aliphatic imine (C=N–C) groups is 1. The fourth-order valence-electron chi connectivity index (χ4n) is 3.05. The Bertz CT molecular complexity index is 1050. The molecular weight excluding hydrogens is 308 g/mol. The number of nitrogens with two attached hydrogens (primary N) is 1. The van der Waals surface area contributed by atoms with E-state index >= 15 is 0 Å². The number of nitrogens with zero attached hydrogens (tertiary/aromatic N) is 3. The van der Waals surface area contributed by atoms with Crippen molar-refractivity contribution in [2.45, 2.75) is 6.92 Å². The van der Waals surface area contributed by atoms with Crippen molar-refractivity contribution in [3.63, 3.8) is 0 Å². The minimum Gasteiger partial charge on any atom is -0.384 e. The molecule has 0 bridgehead atoms. The first-order valence-corrected chi connectivity index (χ1v) is 8.02. The highest BCUT2D eigenvalue weighted by Crippen LogP contribution is 2.33. The van der Waals surface area contributed by atoms with Crippen LogP contribution >= 0.6 is 0 Å². The molecule has 2 heterocycles. The van der Waals surface area contributed by atoms with E-state index in [0.29, 0.717) is 17.1 Å². The van der Waals surface area contributed by atoms with Gasteiger partial charge in [0.1, 0.15) is 23.2 Å². The van der Waals surface area contributed by atoms with E-state index in [-0.39, 0.29) is 0 Å². The van der Waals surface area contributed by atoms with Gasteiger partial charge in [0, 0.05) is 0 Å². The van der Waals surface area contributed by atoms with Crippen molar-refractivity contribution in [3.05, 3.63) is 83.6 Å². The van der Waals surface area contributed by atoms with Gasteiger partial charge >= 0.3 is 0 Å². The molecule has 120 valence electrons. The number of allylic oxidation sites excluding steroid dienone is 1. The number of nitriles is 1. The average Bonchev–Trinajstić information content (AvgIpc) is 3.17. The second-order valence-corrected chi connectivity index (χ2v) is 5.97. The number of benzene rings is 2. The van der Waals surface area contributed by atoms with Crippen molar-refractivity contribution in [1.82, 2.24) is 4.57 Å². The van der Waals surface area contributed by atoms with Gasteiger partial charge in [-0.1, -0.05) is 48.0 Å². The van der Waals surface area contributed by atoms with E-state index in [9.17, 15) is 5.26 Å². The summed E-state index contributed by atoms with van der Waals surface area (Å²) in [7, 11) is 0. The van der Waals surface area contributed by atoms with Gasteiger partial charge in [-0.05, 0) is 36.8 Å². The zero-order valence-electron chi connectivity index (χ0n) is 13.8. The van der Waals surface area contributed by atoms with E-state index in [2.05, 4.69) is 42.3 Å². The molecule has 25 heavy (non-hydrogen) atoms. The van der Waals surface area contributed by atoms with Crippen molar-refractivity contribution in [1.29, 1.82) is 5.26 Å². The van der Waals surface area contributed by atoms with Gasteiger partial charge in [0.05, 0.1) is 17.1 Å². The van der Waals surface area contributed by atoms with Crippen LogP contribution in [0.5, 0.6) is 0 Å². The van der Waals surface area contributed by atoms with E-state index in [4.69, 9.17) is 5.73 Å². The largest absolute Gasteiger partial charge is 0.384 e. The number of para-hydroxylation sites is 1. The lowest BCUT2D eigenvalue weighted by Crippen LogP contribution is -2.06. The lowest BCUT2D eigenvalue weighted by molar-refractivity contribution is 1.09. The first-order chi connectivity index (χ1) is 12.2. The lowest BCUT2D eigenvalue weighted by Gasteiger charge is -2.08. The van der Waals surface area contributed by atoms with E-state index in [0.717, 1.165) is 22.6 Å². The Morgan fingerprint density at radius 3 is 2.28 bits per heavy atom. The standard InChI is InChI=1S/C21H16N4/c1-14-7-9-15(10-8-14)18-11-12-19-20(17(13-22)21(23)25(18)19)24-16-5-3-2-4-6-16/h2-12H,23H2,1H3. The Kier molecular flexibility index (Phi) is 3.48. The molecule has 0 saturated heterocycles. The van der Waals surface area contributed by atoms with Crippen molar-refractivity contribution < 1.29 is 0 Å². The Labute approximate surface area is 146 Å². The highest BCUT2D eigenvalue weighted by Gasteiger charge is 2.29. The Morgan fingerprint density at radius 1 is 0.920 bits per heavy atom. The van der Waals surface area contributed by atoms with Crippen LogP contribution in [0.25, 0.3) is 17.1 Å². The van der Waals surface area contributed by atoms with Gasteiger partial charge in [-0.2, -0.15) is 5.26 Å². The first-order valence-electron chi connectivity index (χ1n) is 8.02. The van der Waals surface area contributed by atoms with Crippen LogP contribution in [0.4, 0.5) is 5.69 Å². The van der Waals surface area contributed by atoms with Crippen LogP contribution in [0.3, 0.4) is 0 Å². The van der Waals surface area contributed by atoms with Gasteiger partial charge in [-0.3, -0.25) is 4.57 Å². The fourth-order valence-corrected chi connectivity index (χ4v) is 3.05. The number of rotatable bonds is 2. The SMILES string of the molecule is Cc1ccc(-c2ccc3n2C(N)=C(C#N)C3=Nc2ccccc2)cc1.